The van der Waals surface area contributed by atoms with Crippen molar-refractivity contribution < 1.29 is 4.79 Å². The quantitative estimate of drug-likeness (QED) is 0.506. The molecule has 0 spiro atoms. The van der Waals surface area contributed by atoms with Crippen LogP contribution in [0.15, 0.2) is 35.6 Å². The molecule has 0 bridgehead atoms. The Balaban J connectivity index is 1.20. The van der Waals surface area contributed by atoms with Gasteiger partial charge in [0.05, 0.1) is 0 Å². The van der Waals surface area contributed by atoms with E-state index in [9.17, 15) is 4.79 Å². The lowest BCUT2D eigenvalue weighted by Crippen LogP contribution is -2.34. The van der Waals surface area contributed by atoms with Gasteiger partial charge in [-0.15, -0.1) is 11.8 Å². The summed E-state index contributed by atoms with van der Waals surface area (Å²) in [5, 5.41) is 6.71. The number of nitrogens with one attached hydrogen (secondary N) is 2. The van der Waals surface area contributed by atoms with E-state index in [1.165, 1.54) is 12.0 Å². The van der Waals surface area contributed by atoms with Crippen LogP contribution >= 0.6 is 11.8 Å². The van der Waals surface area contributed by atoms with Gasteiger partial charge in [0, 0.05) is 55.6 Å². The van der Waals surface area contributed by atoms with Crippen LogP contribution in [-0.2, 0) is 4.79 Å². The van der Waals surface area contributed by atoms with Gasteiger partial charge in [-0.3, -0.25) is 4.79 Å². The second-order valence-corrected chi connectivity index (χ2v) is 10.8. The second-order valence-electron chi connectivity index (χ2n) is 9.93. The summed E-state index contributed by atoms with van der Waals surface area (Å²) in [7, 11) is 2.18. The van der Waals surface area contributed by atoms with E-state index >= 15 is 0 Å². The monoisotopic (exact) mass is 497 g/mol. The van der Waals surface area contributed by atoms with Crippen molar-refractivity contribution in [1.82, 2.24) is 24.8 Å². The average Bonchev–Trinajstić information content (AvgIpc) is 3.67. The highest BCUT2D eigenvalue weighted by Crippen LogP contribution is 2.48. The van der Waals surface area contributed by atoms with Gasteiger partial charge in [0.1, 0.15) is 5.82 Å². The van der Waals surface area contributed by atoms with Crippen molar-refractivity contribution in [2.45, 2.75) is 43.4 Å². The number of rotatable bonds is 9. The molecule has 1 aliphatic heterocycles. The lowest BCUT2D eigenvalue weighted by Gasteiger charge is -2.22. The maximum absolute atomic E-state index is 13.1. The van der Waals surface area contributed by atoms with Gasteiger partial charge in [-0.2, -0.15) is 0 Å². The third-order valence-electron chi connectivity index (χ3n) is 6.92. The fraction of sp³-hybridized carbons (Fsp3) is 0.615. The van der Waals surface area contributed by atoms with Crippen LogP contribution in [0.25, 0.3) is 0 Å². The highest BCUT2D eigenvalue weighted by molar-refractivity contribution is 7.98. The zero-order valence-electron chi connectivity index (χ0n) is 21.2. The molecule has 0 aromatic carbocycles. The van der Waals surface area contributed by atoms with Crippen LogP contribution in [0, 0.1) is 11.8 Å². The summed E-state index contributed by atoms with van der Waals surface area (Å²) in [5.41, 5.74) is 1.18. The highest BCUT2D eigenvalue weighted by atomic mass is 32.2. The standard InChI is InChI=1S/C26H39N7OS/c1-19(15-29-26-30-17-21(35-3)18-31-26)14-27-24-8-7-20(16-28-24)22-13-23(22)25(34)33-11-5-4-9-32(2)10-6-12-33/h7-8,16-19,22-23H,4-6,9-15H2,1-3H3,(H,27,28)(H,29,30,31)/t19-,22-,23+/m1/s1. The smallest absolute Gasteiger partial charge is 0.226 e. The SMILES string of the molecule is CSc1cnc(NC[C@H](C)CNc2ccc([C@H]3C[C@@H]3C(=O)N3CCCCN(C)CCC3)cn2)nc1. The molecule has 2 aliphatic rings. The molecule has 0 unspecified atom stereocenters. The van der Waals surface area contributed by atoms with E-state index in [2.05, 4.69) is 55.4 Å². The predicted molar refractivity (Wildman–Crippen MR) is 143 cm³/mol. The molecule has 1 saturated heterocycles. The summed E-state index contributed by atoms with van der Waals surface area (Å²) in [6, 6.07) is 4.17. The maximum atomic E-state index is 13.1. The lowest BCUT2D eigenvalue weighted by atomic mass is 10.1. The molecule has 3 atom stereocenters. The fourth-order valence-electron chi connectivity index (χ4n) is 4.59. The van der Waals surface area contributed by atoms with Crippen LogP contribution in [0.3, 0.4) is 0 Å². The maximum Gasteiger partial charge on any atom is 0.226 e. The van der Waals surface area contributed by atoms with Gasteiger partial charge in [0.2, 0.25) is 11.9 Å². The number of pyridine rings is 1. The number of hydrogen-bond donors (Lipinski definition) is 2. The zero-order valence-corrected chi connectivity index (χ0v) is 22.1. The third kappa shape index (κ3) is 7.54. The van der Waals surface area contributed by atoms with Crippen LogP contribution in [0.2, 0.25) is 0 Å². The Morgan fingerprint density at radius 1 is 1.03 bits per heavy atom. The molecule has 1 aliphatic carbocycles. The van der Waals surface area contributed by atoms with Crippen LogP contribution in [0.5, 0.6) is 0 Å². The van der Waals surface area contributed by atoms with E-state index in [0.717, 1.165) is 69.2 Å². The summed E-state index contributed by atoms with van der Waals surface area (Å²) in [6.07, 6.45) is 11.9. The lowest BCUT2D eigenvalue weighted by molar-refractivity contribution is -0.132. The van der Waals surface area contributed by atoms with E-state index < -0.39 is 0 Å². The van der Waals surface area contributed by atoms with Gasteiger partial charge in [0.25, 0.3) is 0 Å². The Hall–Kier alpha value is -2.39. The van der Waals surface area contributed by atoms with Crippen molar-refractivity contribution >= 4 is 29.4 Å². The summed E-state index contributed by atoms with van der Waals surface area (Å²) in [6.45, 7) is 7.75. The molecule has 2 fully saturated rings. The third-order valence-corrected chi connectivity index (χ3v) is 7.61. The first-order chi connectivity index (χ1) is 17.0. The van der Waals surface area contributed by atoms with Gasteiger partial charge in [-0.25, -0.2) is 15.0 Å². The molecule has 2 aromatic rings. The Morgan fingerprint density at radius 3 is 2.49 bits per heavy atom. The first-order valence-electron chi connectivity index (χ1n) is 12.8. The summed E-state index contributed by atoms with van der Waals surface area (Å²) >= 11 is 1.63. The van der Waals surface area contributed by atoms with Crippen molar-refractivity contribution in [2.75, 3.05) is 63.2 Å². The molecular formula is C26H39N7OS. The number of nitrogens with zero attached hydrogens (tertiary/aromatic N) is 5. The predicted octanol–water partition coefficient (Wildman–Crippen LogP) is 3.80. The largest absolute Gasteiger partial charge is 0.370 e. The Kier molecular flexibility index (Phi) is 9.20. The number of thioether (sulfide) groups is 1. The average molecular weight is 498 g/mol. The number of anilines is 2. The van der Waals surface area contributed by atoms with Crippen LogP contribution in [0.4, 0.5) is 11.8 Å². The zero-order chi connectivity index (χ0) is 24.6. The first-order valence-corrected chi connectivity index (χ1v) is 14.0. The fourth-order valence-corrected chi connectivity index (χ4v) is 4.91. The molecule has 4 rings (SSSR count). The van der Waals surface area contributed by atoms with Gasteiger partial charge in [-0.1, -0.05) is 13.0 Å². The first kappa shape index (κ1) is 25.7. The molecule has 1 amide bonds. The van der Waals surface area contributed by atoms with Crippen molar-refractivity contribution in [3.8, 4) is 0 Å². The van der Waals surface area contributed by atoms with E-state index in [1.807, 2.05) is 30.9 Å². The minimum atomic E-state index is 0.132. The van der Waals surface area contributed by atoms with Crippen LogP contribution in [-0.4, -0.2) is 83.2 Å². The Labute approximate surface area is 213 Å². The minimum absolute atomic E-state index is 0.132. The molecule has 35 heavy (non-hydrogen) atoms. The molecule has 3 heterocycles. The van der Waals surface area contributed by atoms with Crippen LogP contribution in [0.1, 0.15) is 44.1 Å². The number of aromatic nitrogens is 3. The number of amides is 1. The normalized spacial score (nSPS) is 22.0. The minimum Gasteiger partial charge on any atom is -0.370 e. The van der Waals surface area contributed by atoms with Crippen molar-refractivity contribution in [3.63, 3.8) is 0 Å². The molecular weight excluding hydrogens is 458 g/mol. The molecule has 190 valence electrons. The van der Waals surface area contributed by atoms with Gasteiger partial charge in [-0.05, 0) is 75.5 Å². The van der Waals surface area contributed by atoms with Crippen molar-refractivity contribution in [3.05, 3.63) is 36.3 Å². The van der Waals surface area contributed by atoms with Crippen LogP contribution < -0.4 is 10.6 Å². The van der Waals surface area contributed by atoms with Gasteiger partial charge >= 0.3 is 0 Å². The Bertz CT molecular complexity index is 940. The van der Waals surface area contributed by atoms with E-state index in [-0.39, 0.29) is 5.92 Å². The highest BCUT2D eigenvalue weighted by Gasteiger charge is 2.45. The molecule has 8 nitrogen and oxygen atoms in total. The number of carbonyl (C=O) groups is 1. The van der Waals surface area contributed by atoms with E-state index in [4.69, 9.17) is 0 Å². The Morgan fingerprint density at radius 2 is 1.74 bits per heavy atom. The number of hydrogen-bond acceptors (Lipinski definition) is 8. The molecule has 2 aromatic heterocycles. The second kappa shape index (κ2) is 12.5. The molecule has 1 saturated carbocycles. The van der Waals surface area contributed by atoms with E-state index in [1.54, 1.807) is 11.8 Å². The number of carbonyl (C=O) groups excluding carboxylic acids is 1. The topological polar surface area (TPSA) is 86.3 Å². The summed E-state index contributed by atoms with van der Waals surface area (Å²) in [4.78, 5) is 31.9. The van der Waals surface area contributed by atoms with Gasteiger partial charge < -0.3 is 20.4 Å². The molecule has 2 N–H and O–H groups in total. The summed E-state index contributed by atoms with van der Waals surface area (Å²) < 4.78 is 0. The van der Waals surface area contributed by atoms with Gasteiger partial charge in [0.15, 0.2) is 0 Å². The van der Waals surface area contributed by atoms with Crippen molar-refractivity contribution in [2.24, 2.45) is 11.8 Å². The molecule has 0 radical (unpaired) electrons. The molecule has 9 heteroatoms. The summed E-state index contributed by atoms with van der Waals surface area (Å²) in [5.74, 6) is 2.70. The van der Waals surface area contributed by atoms with Crippen molar-refractivity contribution in [1.29, 1.82) is 0 Å². The van der Waals surface area contributed by atoms with E-state index in [0.29, 0.717) is 23.7 Å².